The third-order valence-electron chi connectivity index (χ3n) is 3.17. The maximum Gasteiger partial charge on any atom is 0.317 e. The molecule has 19 heavy (non-hydrogen) atoms. The van der Waals surface area contributed by atoms with Gasteiger partial charge in [-0.25, -0.2) is 4.79 Å². The van der Waals surface area contributed by atoms with Crippen molar-refractivity contribution < 1.29 is 19.4 Å². The normalized spacial score (nSPS) is 18.9. The van der Waals surface area contributed by atoms with Gasteiger partial charge in [-0.15, -0.1) is 0 Å². The van der Waals surface area contributed by atoms with Crippen molar-refractivity contribution in [3.8, 4) is 0 Å². The summed E-state index contributed by atoms with van der Waals surface area (Å²) >= 11 is 0. The molecule has 0 radical (unpaired) electrons. The van der Waals surface area contributed by atoms with Crippen molar-refractivity contribution in [2.75, 3.05) is 26.2 Å². The van der Waals surface area contributed by atoms with Crippen molar-refractivity contribution >= 4 is 12.0 Å². The third-order valence-corrected chi connectivity index (χ3v) is 3.17. The van der Waals surface area contributed by atoms with Crippen LogP contribution in [0.1, 0.15) is 33.1 Å². The molecular formula is C13H24N2O4. The van der Waals surface area contributed by atoms with Crippen molar-refractivity contribution in [3.63, 3.8) is 0 Å². The summed E-state index contributed by atoms with van der Waals surface area (Å²) in [4.78, 5) is 24.1. The number of carboxylic acids is 1. The van der Waals surface area contributed by atoms with Crippen LogP contribution in [0.5, 0.6) is 0 Å². The number of nitrogens with zero attached hydrogens (tertiary/aromatic N) is 1. The van der Waals surface area contributed by atoms with Gasteiger partial charge in [-0.05, 0) is 32.6 Å². The Morgan fingerprint density at radius 3 is 2.84 bits per heavy atom. The lowest BCUT2D eigenvalue weighted by molar-refractivity contribution is -0.137. The Kier molecular flexibility index (Phi) is 6.62. The number of nitrogens with one attached hydrogen (secondary N) is 1. The molecule has 1 rings (SSSR count). The third kappa shape index (κ3) is 6.42. The number of carbonyl (C=O) groups excluding carboxylic acids is 1. The first-order valence-electron chi connectivity index (χ1n) is 6.85. The molecule has 1 atom stereocenters. The molecule has 0 aromatic carbocycles. The van der Waals surface area contributed by atoms with E-state index in [1.807, 2.05) is 13.8 Å². The van der Waals surface area contributed by atoms with Gasteiger partial charge in [0.2, 0.25) is 0 Å². The highest BCUT2D eigenvalue weighted by atomic mass is 16.5. The van der Waals surface area contributed by atoms with Crippen LogP contribution in [0, 0.1) is 5.92 Å². The topological polar surface area (TPSA) is 78.9 Å². The highest BCUT2D eigenvalue weighted by Gasteiger charge is 2.26. The van der Waals surface area contributed by atoms with Gasteiger partial charge in [0.1, 0.15) is 0 Å². The fraction of sp³-hybridized carbons (Fsp3) is 0.846. The minimum Gasteiger partial charge on any atom is -0.481 e. The Bertz CT molecular complexity index is 307. The van der Waals surface area contributed by atoms with Crippen LogP contribution in [0.25, 0.3) is 0 Å². The summed E-state index contributed by atoms with van der Waals surface area (Å²) in [7, 11) is 0. The van der Waals surface area contributed by atoms with Crippen molar-refractivity contribution in [3.05, 3.63) is 0 Å². The molecule has 110 valence electrons. The standard InChI is InChI=1S/C13H24N2O4/c1-10(2)19-8-6-14-13(18)15-7-5-11(9-15)3-4-12(16)17/h10-11H,3-9H2,1-2H3,(H,14,18)(H,16,17). The summed E-state index contributed by atoms with van der Waals surface area (Å²) in [5, 5.41) is 11.4. The van der Waals surface area contributed by atoms with E-state index >= 15 is 0 Å². The van der Waals surface area contributed by atoms with Crippen molar-refractivity contribution in [2.45, 2.75) is 39.2 Å². The fourth-order valence-corrected chi connectivity index (χ4v) is 2.14. The fourth-order valence-electron chi connectivity index (χ4n) is 2.14. The molecule has 2 N–H and O–H groups in total. The van der Waals surface area contributed by atoms with Crippen molar-refractivity contribution in [2.24, 2.45) is 5.92 Å². The van der Waals surface area contributed by atoms with Crippen LogP contribution in [-0.4, -0.2) is 54.4 Å². The summed E-state index contributed by atoms with van der Waals surface area (Å²) in [6.07, 6.45) is 1.89. The van der Waals surface area contributed by atoms with Crippen LogP contribution in [0.15, 0.2) is 0 Å². The zero-order valence-corrected chi connectivity index (χ0v) is 11.7. The van der Waals surface area contributed by atoms with E-state index in [0.29, 0.717) is 38.6 Å². The van der Waals surface area contributed by atoms with Gasteiger partial charge in [0.25, 0.3) is 0 Å². The van der Waals surface area contributed by atoms with Crippen LogP contribution in [0.3, 0.4) is 0 Å². The van der Waals surface area contributed by atoms with Gasteiger partial charge in [-0.2, -0.15) is 0 Å². The molecule has 0 saturated carbocycles. The smallest absolute Gasteiger partial charge is 0.317 e. The van der Waals surface area contributed by atoms with Crippen molar-refractivity contribution in [1.29, 1.82) is 0 Å². The molecule has 1 unspecified atom stereocenters. The van der Waals surface area contributed by atoms with Crippen LogP contribution in [0.4, 0.5) is 4.79 Å². The van der Waals surface area contributed by atoms with Gasteiger partial charge in [-0.3, -0.25) is 4.79 Å². The first kappa shape index (κ1) is 15.8. The van der Waals surface area contributed by atoms with Gasteiger partial charge < -0.3 is 20.1 Å². The number of urea groups is 1. The number of rotatable bonds is 7. The molecule has 0 spiro atoms. The molecule has 0 bridgehead atoms. The maximum atomic E-state index is 11.8. The first-order valence-corrected chi connectivity index (χ1v) is 6.85. The van der Waals surface area contributed by atoms with E-state index in [0.717, 1.165) is 6.42 Å². The number of carbonyl (C=O) groups is 2. The Labute approximate surface area is 114 Å². The van der Waals surface area contributed by atoms with Crippen LogP contribution >= 0.6 is 0 Å². The SMILES string of the molecule is CC(C)OCCNC(=O)N1CCC(CCC(=O)O)C1. The Morgan fingerprint density at radius 1 is 1.47 bits per heavy atom. The number of hydrogen-bond donors (Lipinski definition) is 2. The largest absolute Gasteiger partial charge is 0.481 e. The molecule has 1 heterocycles. The number of likely N-dealkylation sites (tertiary alicyclic amines) is 1. The van der Waals surface area contributed by atoms with Crippen LogP contribution in [0.2, 0.25) is 0 Å². The van der Waals surface area contributed by atoms with E-state index in [9.17, 15) is 9.59 Å². The number of carboxylic acid groups (broad SMARTS) is 1. The monoisotopic (exact) mass is 272 g/mol. The Hall–Kier alpha value is -1.30. The summed E-state index contributed by atoms with van der Waals surface area (Å²) in [6.45, 7) is 6.29. The van der Waals surface area contributed by atoms with Crippen LogP contribution in [-0.2, 0) is 9.53 Å². The second kappa shape index (κ2) is 7.99. The van der Waals surface area contributed by atoms with Crippen molar-refractivity contribution in [1.82, 2.24) is 10.2 Å². The lowest BCUT2D eigenvalue weighted by Crippen LogP contribution is -2.40. The summed E-state index contributed by atoms with van der Waals surface area (Å²) < 4.78 is 5.34. The zero-order chi connectivity index (χ0) is 14.3. The lowest BCUT2D eigenvalue weighted by Gasteiger charge is -2.17. The van der Waals surface area contributed by atoms with E-state index < -0.39 is 5.97 Å². The summed E-state index contributed by atoms with van der Waals surface area (Å²) in [6, 6.07) is -0.0785. The molecule has 0 aliphatic carbocycles. The maximum absolute atomic E-state index is 11.8. The molecule has 1 aliphatic heterocycles. The van der Waals surface area contributed by atoms with Crippen LogP contribution < -0.4 is 5.32 Å². The minimum absolute atomic E-state index is 0.0785. The molecule has 6 nitrogen and oxygen atoms in total. The van der Waals surface area contributed by atoms with Gasteiger partial charge in [0.05, 0.1) is 12.7 Å². The molecule has 2 amide bonds. The first-order chi connectivity index (χ1) is 8.99. The quantitative estimate of drug-likeness (QED) is 0.685. The Balaban J connectivity index is 2.15. The summed E-state index contributed by atoms with van der Waals surface area (Å²) in [5.41, 5.74) is 0. The van der Waals surface area contributed by atoms with Gasteiger partial charge in [0, 0.05) is 26.1 Å². The molecular weight excluding hydrogens is 248 g/mol. The van der Waals surface area contributed by atoms with E-state index in [2.05, 4.69) is 5.32 Å². The Morgan fingerprint density at radius 2 is 2.21 bits per heavy atom. The van der Waals surface area contributed by atoms with Gasteiger partial charge >= 0.3 is 12.0 Å². The van der Waals surface area contributed by atoms with E-state index in [4.69, 9.17) is 9.84 Å². The molecule has 0 aromatic heterocycles. The predicted molar refractivity (Wildman–Crippen MR) is 71.0 cm³/mol. The van der Waals surface area contributed by atoms with E-state index in [-0.39, 0.29) is 18.6 Å². The number of aliphatic carboxylic acids is 1. The molecule has 1 saturated heterocycles. The minimum atomic E-state index is -0.770. The molecule has 0 aromatic rings. The zero-order valence-electron chi connectivity index (χ0n) is 11.7. The second-order valence-corrected chi connectivity index (χ2v) is 5.18. The second-order valence-electron chi connectivity index (χ2n) is 5.18. The average molecular weight is 272 g/mol. The number of hydrogen-bond acceptors (Lipinski definition) is 3. The lowest BCUT2D eigenvalue weighted by atomic mass is 10.0. The molecule has 6 heteroatoms. The van der Waals surface area contributed by atoms with Gasteiger partial charge in [-0.1, -0.05) is 0 Å². The highest BCUT2D eigenvalue weighted by Crippen LogP contribution is 2.20. The summed E-state index contributed by atoms with van der Waals surface area (Å²) in [5.74, 6) is -0.456. The number of ether oxygens (including phenoxy) is 1. The molecule has 1 fully saturated rings. The van der Waals surface area contributed by atoms with E-state index in [1.54, 1.807) is 4.90 Å². The predicted octanol–water partition coefficient (Wildman–Crippen LogP) is 1.31. The highest BCUT2D eigenvalue weighted by molar-refractivity contribution is 5.74. The average Bonchev–Trinajstić information content (AvgIpc) is 2.80. The number of amides is 2. The molecule has 1 aliphatic rings. The van der Waals surface area contributed by atoms with Gasteiger partial charge in [0.15, 0.2) is 0 Å². The van der Waals surface area contributed by atoms with E-state index in [1.165, 1.54) is 0 Å².